The molecule has 3 nitrogen and oxygen atoms in total. The monoisotopic (exact) mass is 228 g/mol. The predicted molar refractivity (Wildman–Crippen MR) is 58.2 cm³/mol. The average Bonchev–Trinajstić information content (AvgIpc) is 2.97. The van der Waals surface area contributed by atoms with E-state index in [4.69, 9.17) is 10.8 Å². The molecule has 0 spiro atoms. The van der Waals surface area contributed by atoms with Gasteiger partial charge in [-0.15, -0.1) is 0 Å². The minimum Gasteiger partial charge on any atom is -0.399 e. The minimum absolute atomic E-state index is 0.0681. The summed E-state index contributed by atoms with van der Waals surface area (Å²) in [6.07, 6.45) is 1.81. The minimum atomic E-state index is -0.669. The van der Waals surface area contributed by atoms with Crippen LogP contribution in [0.2, 0.25) is 0 Å². The molecular formula is C11H14F2N2O. The molecule has 0 amide bonds. The molecule has 0 aromatic heterocycles. The number of nitrogens with two attached hydrogens (primary N) is 1. The summed E-state index contributed by atoms with van der Waals surface area (Å²) >= 11 is 0. The van der Waals surface area contributed by atoms with Crippen molar-refractivity contribution in [2.75, 3.05) is 23.8 Å². The van der Waals surface area contributed by atoms with Gasteiger partial charge >= 0.3 is 0 Å². The molecule has 0 bridgehead atoms. The van der Waals surface area contributed by atoms with Gasteiger partial charge in [-0.3, -0.25) is 0 Å². The molecule has 16 heavy (non-hydrogen) atoms. The second kappa shape index (κ2) is 4.25. The molecule has 5 heteroatoms. The Hall–Kier alpha value is -1.36. The Morgan fingerprint density at radius 1 is 1.31 bits per heavy atom. The smallest absolute Gasteiger partial charge is 0.151 e. The lowest BCUT2D eigenvalue weighted by Gasteiger charge is -2.24. The number of nitrogen functional groups attached to an aromatic ring is 1. The van der Waals surface area contributed by atoms with Crippen molar-refractivity contribution in [3.05, 3.63) is 23.8 Å². The van der Waals surface area contributed by atoms with Crippen LogP contribution in [0.1, 0.15) is 12.8 Å². The largest absolute Gasteiger partial charge is 0.399 e. The van der Waals surface area contributed by atoms with Crippen LogP contribution in [0.3, 0.4) is 0 Å². The normalized spacial score (nSPS) is 15.2. The van der Waals surface area contributed by atoms with E-state index in [0.29, 0.717) is 0 Å². The fourth-order valence-corrected chi connectivity index (χ4v) is 1.83. The van der Waals surface area contributed by atoms with Crippen molar-refractivity contribution in [2.24, 2.45) is 0 Å². The second-order valence-electron chi connectivity index (χ2n) is 3.98. The second-order valence-corrected chi connectivity index (χ2v) is 3.98. The molecule has 0 atom stereocenters. The molecule has 0 heterocycles. The molecule has 1 aliphatic carbocycles. The molecule has 0 radical (unpaired) electrons. The van der Waals surface area contributed by atoms with Crippen LogP contribution in [-0.2, 0) is 0 Å². The van der Waals surface area contributed by atoms with Crippen LogP contribution in [0, 0.1) is 11.6 Å². The zero-order valence-corrected chi connectivity index (χ0v) is 8.79. The van der Waals surface area contributed by atoms with Crippen molar-refractivity contribution in [1.82, 2.24) is 0 Å². The van der Waals surface area contributed by atoms with Gasteiger partial charge in [-0.25, -0.2) is 8.78 Å². The molecule has 0 saturated heterocycles. The van der Waals surface area contributed by atoms with Crippen molar-refractivity contribution < 1.29 is 13.9 Å². The molecule has 3 N–H and O–H groups in total. The molecule has 1 aromatic carbocycles. The van der Waals surface area contributed by atoms with Gasteiger partial charge in [-0.1, -0.05) is 0 Å². The van der Waals surface area contributed by atoms with Crippen LogP contribution in [0.4, 0.5) is 20.2 Å². The van der Waals surface area contributed by atoms with Crippen molar-refractivity contribution >= 4 is 11.4 Å². The van der Waals surface area contributed by atoms with Gasteiger partial charge in [0.2, 0.25) is 0 Å². The molecule has 1 saturated carbocycles. The van der Waals surface area contributed by atoms with E-state index >= 15 is 0 Å². The Labute approximate surface area is 92.5 Å². The summed E-state index contributed by atoms with van der Waals surface area (Å²) < 4.78 is 27.3. The van der Waals surface area contributed by atoms with Crippen LogP contribution in [0.25, 0.3) is 0 Å². The first kappa shape index (κ1) is 11.1. The van der Waals surface area contributed by atoms with Gasteiger partial charge < -0.3 is 15.7 Å². The Bertz CT molecular complexity index is 371. The molecular weight excluding hydrogens is 214 g/mol. The number of nitrogens with zero attached hydrogens (tertiary/aromatic N) is 1. The van der Waals surface area contributed by atoms with Crippen LogP contribution in [-0.4, -0.2) is 24.3 Å². The lowest BCUT2D eigenvalue weighted by Crippen LogP contribution is -2.30. The Morgan fingerprint density at radius 3 is 2.31 bits per heavy atom. The van der Waals surface area contributed by atoms with Gasteiger partial charge in [0.05, 0.1) is 6.61 Å². The quantitative estimate of drug-likeness (QED) is 0.768. The van der Waals surface area contributed by atoms with Crippen LogP contribution in [0.15, 0.2) is 12.1 Å². The first-order valence-electron chi connectivity index (χ1n) is 5.25. The van der Waals surface area contributed by atoms with E-state index in [1.54, 1.807) is 4.90 Å². The predicted octanol–water partition coefficient (Wildman–Crippen LogP) is 1.51. The van der Waals surface area contributed by atoms with E-state index in [2.05, 4.69) is 0 Å². The summed E-state index contributed by atoms with van der Waals surface area (Å²) in [6.45, 7) is 0.113. The number of hydrogen-bond acceptors (Lipinski definition) is 3. The maximum absolute atomic E-state index is 13.6. The zero-order valence-electron chi connectivity index (χ0n) is 8.79. The molecule has 1 aliphatic rings. The Kier molecular flexibility index (Phi) is 2.96. The molecule has 1 fully saturated rings. The lowest BCUT2D eigenvalue weighted by atomic mass is 10.2. The number of hydrogen-bond donors (Lipinski definition) is 2. The van der Waals surface area contributed by atoms with Gasteiger partial charge in [0.25, 0.3) is 0 Å². The Balaban J connectivity index is 2.36. The summed E-state index contributed by atoms with van der Waals surface area (Å²) in [5, 5.41) is 8.90. The maximum Gasteiger partial charge on any atom is 0.151 e. The van der Waals surface area contributed by atoms with Gasteiger partial charge in [0.1, 0.15) is 5.69 Å². The highest BCUT2D eigenvalue weighted by molar-refractivity contribution is 5.57. The molecule has 0 aliphatic heterocycles. The van der Waals surface area contributed by atoms with Crippen molar-refractivity contribution in [3.8, 4) is 0 Å². The van der Waals surface area contributed by atoms with Crippen molar-refractivity contribution in [2.45, 2.75) is 18.9 Å². The number of rotatable bonds is 4. The summed E-state index contributed by atoms with van der Waals surface area (Å²) in [6, 6.07) is 2.34. The highest BCUT2D eigenvalue weighted by atomic mass is 19.1. The van der Waals surface area contributed by atoms with Gasteiger partial charge in [-0.2, -0.15) is 0 Å². The van der Waals surface area contributed by atoms with Gasteiger partial charge in [0, 0.05) is 18.3 Å². The van der Waals surface area contributed by atoms with E-state index in [-0.39, 0.29) is 30.6 Å². The van der Waals surface area contributed by atoms with Crippen LogP contribution < -0.4 is 10.6 Å². The summed E-state index contributed by atoms with van der Waals surface area (Å²) in [7, 11) is 0. The van der Waals surface area contributed by atoms with E-state index < -0.39 is 11.6 Å². The van der Waals surface area contributed by atoms with Gasteiger partial charge in [0.15, 0.2) is 11.6 Å². The van der Waals surface area contributed by atoms with Crippen LogP contribution >= 0.6 is 0 Å². The SMILES string of the molecule is Nc1cc(F)c(N(CCO)C2CC2)c(F)c1. The summed E-state index contributed by atoms with van der Waals surface area (Å²) in [4.78, 5) is 1.57. The number of benzene rings is 1. The molecule has 1 aromatic rings. The standard InChI is InChI=1S/C11H14F2N2O/c12-9-5-7(14)6-10(13)11(9)15(3-4-16)8-1-2-8/h5-6,8,16H,1-4,14H2. The van der Waals surface area contributed by atoms with E-state index in [1.165, 1.54) is 0 Å². The van der Waals surface area contributed by atoms with Gasteiger partial charge in [-0.05, 0) is 25.0 Å². The average molecular weight is 228 g/mol. The van der Waals surface area contributed by atoms with Crippen LogP contribution in [0.5, 0.6) is 0 Å². The number of anilines is 2. The molecule has 0 unspecified atom stereocenters. The van der Waals surface area contributed by atoms with E-state index in [1.807, 2.05) is 0 Å². The first-order valence-corrected chi connectivity index (χ1v) is 5.25. The van der Waals surface area contributed by atoms with E-state index in [9.17, 15) is 8.78 Å². The number of aliphatic hydroxyl groups excluding tert-OH is 1. The number of halogens is 2. The highest BCUT2D eigenvalue weighted by Crippen LogP contribution is 2.35. The fraction of sp³-hybridized carbons (Fsp3) is 0.455. The topological polar surface area (TPSA) is 49.5 Å². The number of aliphatic hydroxyl groups is 1. The highest BCUT2D eigenvalue weighted by Gasteiger charge is 2.32. The molecule has 2 rings (SSSR count). The zero-order chi connectivity index (χ0) is 11.7. The maximum atomic E-state index is 13.6. The van der Waals surface area contributed by atoms with Crippen molar-refractivity contribution in [3.63, 3.8) is 0 Å². The molecule has 88 valence electrons. The third-order valence-corrected chi connectivity index (χ3v) is 2.65. The third-order valence-electron chi connectivity index (χ3n) is 2.65. The first-order chi connectivity index (χ1) is 7.63. The summed E-state index contributed by atoms with van der Waals surface area (Å²) in [5.41, 5.74) is 5.34. The Morgan fingerprint density at radius 2 is 1.88 bits per heavy atom. The van der Waals surface area contributed by atoms with E-state index in [0.717, 1.165) is 25.0 Å². The fourth-order valence-electron chi connectivity index (χ4n) is 1.83. The van der Waals surface area contributed by atoms with Crippen molar-refractivity contribution in [1.29, 1.82) is 0 Å². The third kappa shape index (κ3) is 2.09. The summed E-state index contributed by atoms with van der Waals surface area (Å²) in [5.74, 6) is -1.34. The lowest BCUT2D eigenvalue weighted by molar-refractivity contribution is 0.300.